The van der Waals surface area contributed by atoms with Crippen LogP contribution < -0.4 is 5.32 Å². The maximum absolute atomic E-state index is 12.5. The highest BCUT2D eigenvalue weighted by atomic mass is 16.5. The molecule has 0 bridgehead atoms. The third kappa shape index (κ3) is 61.7. The molecule has 0 aromatic heterocycles. The second kappa shape index (κ2) is 65.1. The van der Waals surface area contributed by atoms with Gasteiger partial charge in [-0.1, -0.05) is 360 Å². The molecule has 0 saturated carbocycles. The van der Waals surface area contributed by atoms with Gasteiger partial charge in [0.15, 0.2) is 0 Å². The van der Waals surface area contributed by atoms with Crippen molar-refractivity contribution in [3.8, 4) is 0 Å². The van der Waals surface area contributed by atoms with Gasteiger partial charge >= 0.3 is 5.97 Å². The Morgan fingerprint density at radius 3 is 0.907 bits per heavy atom. The molecular formula is C69H135NO5. The first-order valence-electron chi connectivity index (χ1n) is 34.5. The lowest BCUT2D eigenvalue weighted by Crippen LogP contribution is -2.45. The number of amides is 1. The average Bonchev–Trinajstić information content (AvgIpc) is 3.41. The quantitative estimate of drug-likeness (QED) is 0.0320. The number of ether oxygens (including phenoxy) is 1. The number of aliphatic hydroxyl groups excluding tert-OH is 2. The summed E-state index contributed by atoms with van der Waals surface area (Å²) in [5.41, 5.74) is 0. The van der Waals surface area contributed by atoms with Crippen molar-refractivity contribution < 1.29 is 24.5 Å². The zero-order valence-corrected chi connectivity index (χ0v) is 51.1. The first-order valence-corrected chi connectivity index (χ1v) is 34.5. The minimum Gasteiger partial charge on any atom is -0.466 e. The van der Waals surface area contributed by atoms with Crippen molar-refractivity contribution in [3.05, 3.63) is 12.2 Å². The molecule has 0 aromatic carbocycles. The van der Waals surface area contributed by atoms with E-state index in [1.807, 2.05) is 6.08 Å². The number of carbonyl (C=O) groups is 2. The molecule has 0 saturated heterocycles. The van der Waals surface area contributed by atoms with Crippen molar-refractivity contribution in [1.29, 1.82) is 0 Å². The molecule has 1 amide bonds. The summed E-state index contributed by atoms with van der Waals surface area (Å²) in [5, 5.41) is 23.2. The zero-order chi connectivity index (χ0) is 54.3. The number of nitrogens with one attached hydrogen (secondary N) is 1. The monoisotopic (exact) mass is 1060 g/mol. The third-order valence-corrected chi connectivity index (χ3v) is 16.3. The first-order chi connectivity index (χ1) is 37.0. The SMILES string of the molecule is CCCCCCCCCCCCCCCC/C=C/C(O)C(CO)NC(=O)CCCCCCCCCCCCCCCCCCCCCCCCCCCCCCOC(=O)CCCCCCCCCCCCCCCC. The van der Waals surface area contributed by atoms with Gasteiger partial charge in [-0.05, 0) is 32.1 Å². The van der Waals surface area contributed by atoms with Crippen LogP contribution in [0.5, 0.6) is 0 Å². The maximum atomic E-state index is 12.5. The van der Waals surface area contributed by atoms with Crippen molar-refractivity contribution in [2.75, 3.05) is 13.2 Å². The highest BCUT2D eigenvalue weighted by Gasteiger charge is 2.18. The fourth-order valence-corrected chi connectivity index (χ4v) is 11.1. The van der Waals surface area contributed by atoms with Gasteiger partial charge in [-0.15, -0.1) is 0 Å². The van der Waals surface area contributed by atoms with Gasteiger partial charge in [-0.25, -0.2) is 0 Å². The van der Waals surface area contributed by atoms with E-state index in [-0.39, 0.29) is 18.5 Å². The van der Waals surface area contributed by atoms with Gasteiger partial charge in [0, 0.05) is 12.8 Å². The van der Waals surface area contributed by atoms with Crippen LogP contribution in [-0.2, 0) is 14.3 Å². The molecule has 2 unspecified atom stereocenters. The smallest absolute Gasteiger partial charge is 0.305 e. The van der Waals surface area contributed by atoms with Crippen LogP contribution in [0.25, 0.3) is 0 Å². The molecule has 0 radical (unpaired) electrons. The Kier molecular flexibility index (Phi) is 63.9. The van der Waals surface area contributed by atoms with E-state index in [1.54, 1.807) is 6.08 Å². The third-order valence-electron chi connectivity index (χ3n) is 16.3. The number of aliphatic hydroxyl groups is 2. The van der Waals surface area contributed by atoms with Gasteiger partial charge in [0.25, 0.3) is 0 Å². The molecule has 0 aliphatic carbocycles. The predicted molar refractivity (Wildman–Crippen MR) is 329 cm³/mol. The summed E-state index contributed by atoms with van der Waals surface area (Å²) in [6.07, 6.45) is 80.0. The zero-order valence-electron chi connectivity index (χ0n) is 51.1. The average molecular weight is 1060 g/mol. The second-order valence-corrected chi connectivity index (χ2v) is 23.9. The normalized spacial score (nSPS) is 12.5. The van der Waals surface area contributed by atoms with Crippen LogP contribution in [0.3, 0.4) is 0 Å². The summed E-state index contributed by atoms with van der Waals surface area (Å²) in [7, 11) is 0. The first kappa shape index (κ1) is 73.6. The summed E-state index contributed by atoms with van der Waals surface area (Å²) in [4.78, 5) is 24.6. The molecule has 0 fully saturated rings. The van der Waals surface area contributed by atoms with Crippen LogP contribution >= 0.6 is 0 Å². The van der Waals surface area contributed by atoms with E-state index in [2.05, 4.69) is 19.2 Å². The van der Waals surface area contributed by atoms with E-state index in [1.165, 1.54) is 327 Å². The fraction of sp³-hybridized carbons (Fsp3) is 0.942. The van der Waals surface area contributed by atoms with Crippen molar-refractivity contribution in [2.45, 2.75) is 405 Å². The molecule has 3 N–H and O–H groups in total. The Morgan fingerprint density at radius 2 is 0.613 bits per heavy atom. The van der Waals surface area contributed by atoms with Crippen LogP contribution in [0.2, 0.25) is 0 Å². The van der Waals surface area contributed by atoms with Crippen LogP contribution in [0.1, 0.15) is 393 Å². The van der Waals surface area contributed by atoms with E-state index in [4.69, 9.17) is 4.74 Å². The number of hydrogen-bond acceptors (Lipinski definition) is 5. The Bertz CT molecular complexity index is 1130. The molecule has 0 aromatic rings. The summed E-state index contributed by atoms with van der Waals surface area (Å²) in [5.74, 6) is -0.0401. The molecule has 0 spiro atoms. The van der Waals surface area contributed by atoms with Gasteiger partial charge in [0.2, 0.25) is 5.91 Å². The highest BCUT2D eigenvalue weighted by Crippen LogP contribution is 2.19. The molecule has 0 aliphatic heterocycles. The van der Waals surface area contributed by atoms with E-state index >= 15 is 0 Å². The fourth-order valence-electron chi connectivity index (χ4n) is 11.1. The molecule has 0 heterocycles. The van der Waals surface area contributed by atoms with Crippen molar-refractivity contribution in [1.82, 2.24) is 5.32 Å². The Hall–Kier alpha value is -1.40. The number of hydrogen-bond donors (Lipinski definition) is 3. The molecule has 2 atom stereocenters. The van der Waals surface area contributed by atoms with Gasteiger partial charge in [-0.2, -0.15) is 0 Å². The number of rotatable bonds is 65. The van der Waals surface area contributed by atoms with E-state index in [0.29, 0.717) is 19.4 Å². The second-order valence-electron chi connectivity index (χ2n) is 23.9. The lowest BCUT2D eigenvalue weighted by atomic mass is 10.0. The molecule has 75 heavy (non-hydrogen) atoms. The molecule has 6 heteroatoms. The lowest BCUT2D eigenvalue weighted by molar-refractivity contribution is -0.143. The number of esters is 1. The number of allylic oxidation sites excluding steroid dienone is 1. The van der Waals surface area contributed by atoms with Crippen LogP contribution in [0, 0.1) is 0 Å². The van der Waals surface area contributed by atoms with E-state index in [0.717, 1.165) is 38.5 Å². The topological polar surface area (TPSA) is 95.9 Å². The Morgan fingerprint density at radius 1 is 0.360 bits per heavy atom. The van der Waals surface area contributed by atoms with Crippen LogP contribution in [0.4, 0.5) is 0 Å². The lowest BCUT2D eigenvalue weighted by Gasteiger charge is -2.20. The summed E-state index contributed by atoms with van der Waals surface area (Å²) >= 11 is 0. The van der Waals surface area contributed by atoms with Crippen molar-refractivity contribution in [3.63, 3.8) is 0 Å². The maximum Gasteiger partial charge on any atom is 0.305 e. The van der Waals surface area contributed by atoms with Crippen molar-refractivity contribution >= 4 is 11.9 Å². The van der Waals surface area contributed by atoms with Gasteiger partial charge in [0.1, 0.15) is 0 Å². The predicted octanol–water partition coefficient (Wildman–Crippen LogP) is 22.0. The van der Waals surface area contributed by atoms with Gasteiger partial charge in [0.05, 0.1) is 25.4 Å². The molecule has 0 aliphatic rings. The minimum atomic E-state index is -0.841. The number of carbonyl (C=O) groups excluding carboxylic acids is 2. The number of unbranched alkanes of at least 4 members (excludes halogenated alkanes) is 54. The molecule has 0 rings (SSSR count). The van der Waals surface area contributed by atoms with Crippen LogP contribution in [0.15, 0.2) is 12.2 Å². The van der Waals surface area contributed by atoms with Gasteiger partial charge in [-0.3, -0.25) is 9.59 Å². The minimum absolute atomic E-state index is 0.0215. The summed E-state index contributed by atoms with van der Waals surface area (Å²) < 4.78 is 5.50. The Labute approximate surface area is 469 Å². The molecule has 6 nitrogen and oxygen atoms in total. The summed E-state index contributed by atoms with van der Waals surface area (Å²) in [6, 6.07) is -0.624. The molecule has 446 valence electrons. The largest absolute Gasteiger partial charge is 0.466 e. The van der Waals surface area contributed by atoms with Crippen LogP contribution in [-0.4, -0.2) is 47.4 Å². The van der Waals surface area contributed by atoms with E-state index < -0.39 is 12.1 Å². The molecular weight excluding hydrogens is 923 g/mol. The Balaban J connectivity index is 3.35. The summed E-state index contributed by atoms with van der Waals surface area (Å²) in [6.45, 7) is 4.94. The van der Waals surface area contributed by atoms with E-state index in [9.17, 15) is 19.8 Å². The highest BCUT2D eigenvalue weighted by molar-refractivity contribution is 5.76. The van der Waals surface area contributed by atoms with Gasteiger partial charge < -0.3 is 20.3 Å². The standard InChI is InChI=1S/C69H135NO5/c1-3-5-7-9-11-13-15-17-19-34-37-41-45-49-53-57-61-67(72)66(65-71)70-68(73)62-58-54-50-46-42-38-35-32-30-28-26-24-22-20-21-23-25-27-29-31-33-36-40-44-48-52-56-60-64-75-69(74)63-59-55-51-47-43-39-18-16-14-12-10-8-6-4-2/h57,61,66-67,71-72H,3-56,58-60,62-65H2,1-2H3,(H,70,73)/b61-57+. The van der Waals surface area contributed by atoms with Crippen molar-refractivity contribution in [2.24, 2.45) is 0 Å².